The van der Waals surface area contributed by atoms with Gasteiger partial charge in [-0.3, -0.25) is 5.43 Å². The molecule has 0 fully saturated rings. The maximum Gasteiger partial charge on any atom is 0.239 e. The molecule has 0 aliphatic carbocycles. The molecule has 2 aromatic rings. The lowest BCUT2D eigenvalue weighted by Crippen LogP contribution is -2.13. The maximum absolute atomic E-state index is 5.28. The van der Waals surface area contributed by atoms with Crippen molar-refractivity contribution in [1.29, 1.82) is 0 Å². The molecule has 0 amide bonds. The molecule has 0 aliphatic heterocycles. The molecule has 0 bridgehead atoms. The fraction of sp³-hybridized carbons (Fsp3) is 0.231. The summed E-state index contributed by atoms with van der Waals surface area (Å²) in [6.07, 6.45) is 1.66. The van der Waals surface area contributed by atoms with Crippen molar-refractivity contribution < 1.29 is 0 Å². The number of hydrazine groups is 1. The molecule has 1 atom stereocenters. The Balaban J connectivity index is 2.16. The lowest BCUT2D eigenvalue weighted by molar-refractivity contribution is 0.862. The Bertz CT molecular complexity index is 526. The normalized spacial score (nSPS) is 11.9. The monoisotopic (exact) mass is 243 g/mol. The van der Waals surface area contributed by atoms with Gasteiger partial charge in [-0.2, -0.15) is 4.98 Å². The van der Waals surface area contributed by atoms with E-state index in [4.69, 9.17) is 5.84 Å². The van der Waals surface area contributed by atoms with Crippen molar-refractivity contribution in [3.05, 3.63) is 47.7 Å². The lowest BCUT2D eigenvalue weighted by Gasteiger charge is -2.17. The first-order valence-electron chi connectivity index (χ1n) is 5.82. The second-order valence-electron chi connectivity index (χ2n) is 4.13. The third-order valence-corrected chi connectivity index (χ3v) is 2.80. The summed E-state index contributed by atoms with van der Waals surface area (Å²) >= 11 is 0. The molecule has 18 heavy (non-hydrogen) atoms. The topological polar surface area (TPSA) is 75.9 Å². The number of benzene rings is 1. The van der Waals surface area contributed by atoms with E-state index in [0.29, 0.717) is 5.95 Å². The molecule has 0 saturated heterocycles. The van der Waals surface area contributed by atoms with Gasteiger partial charge in [0.25, 0.3) is 0 Å². The second kappa shape index (κ2) is 5.46. The number of nitrogen functional groups attached to an aromatic ring is 1. The van der Waals surface area contributed by atoms with Crippen LogP contribution in [0, 0.1) is 6.92 Å². The molecule has 0 saturated carbocycles. The zero-order valence-electron chi connectivity index (χ0n) is 10.5. The van der Waals surface area contributed by atoms with Crippen molar-refractivity contribution in [2.45, 2.75) is 19.9 Å². The van der Waals surface area contributed by atoms with E-state index in [1.807, 2.05) is 18.2 Å². The smallest absolute Gasteiger partial charge is 0.239 e. The summed E-state index contributed by atoms with van der Waals surface area (Å²) in [6, 6.07) is 10.3. The minimum atomic E-state index is 0.173. The SMILES string of the molecule is Cc1ccccc1C(C)Nc1ccnc(NN)n1. The molecule has 1 aromatic heterocycles. The first-order chi connectivity index (χ1) is 8.70. The Hall–Kier alpha value is -2.14. The van der Waals surface area contributed by atoms with Crippen LogP contribution in [0.3, 0.4) is 0 Å². The Kier molecular flexibility index (Phi) is 3.74. The number of anilines is 2. The predicted octanol–water partition coefficient (Wildman–Crippen LogP) is 2.24. The molecule has 1 unspecified atom stereocenters. The van der Waals surface area contributed by atoms with Gasteiger partial charge >= 0.3 is 0 Å². The highest BCUT2D eigenvalue weighted by atomic mass is 15.3. The zero-order chi connectivity index (χ0) is 13.0. The molecule has 94 valence electrons. The van der Waals surface area contributed by atoms with Crippen LogP contribution < -0.4 is 16.6 Å². The minimum Gasteiger partial charge on any atom is -0.363 e. The van der Waals surface area contributed by atoms with E-state index in [9.17, 15) is 0 Å². The summed E-state index contributed by atoms with van der Waals surface area (Å²) in [5.41, 5.74) is 4.93. The summed E-state index contributed by atoms with van der Waals surface area (Å²) in [5, 5.41) is 3.33. The molecule has 0 spiro atoms. The van der Waals surface area contributed by atoms with Crippen molar-refractivity contribution in [2.75, 3.05) is 10.7 Å². The highest BCUT2D eigenvalue weighted by Gasteiger charge is 2.08. The number of aromatic nitrogens is 2. The molecule has 0 radical (unpaired) electrons. The van der Waals surface area contributed by atoms with E-state index >= 15 is 0 Å². The highest BCUT2D eigenvalue weighted by molar-refractivity contribution is 5.42. The highest BCUT2D eigenvalue weighted by Crippen LogP contribution is 2.20. The van der Waals surface area contributed by atoms with Gasteiger partial charge in [-0.15, -0.1) is 0 Å². The number of nitrogens with two attached hydrogens (primary N) is 1. The van der Waals surface area contributed by atoms with Crippen LogP contribution in [-0.2, 0) is 0 Å². The van der Waals surface area contributed by atoms with E-state index < -0.39 is 0 Å². The molecule has 1 aromatic carbocycles. The van der Waals surface area contributed by atoms with Crippen LogP contribution in [0.1, 0.15) is 24.1 Å². The van der Waals surface area contributed by atoms with Gasteiger partial charge in [-0.05, 0) is 31.0 Å². The Morgan fingerprint density at radius 2 is 2.00 bits per heavy atom. The number of nitrogens with one attached hydrogen (secondary N) is 2. The Morgan fingerprint density at radius 3 is 2.72 bits per heavy atom. The van der Waals surface area contributed by atoms with E-state index in [2.05, 4.69) is 46.7 Å². The van der Waals surface area contributed by atoms with Crippen LogP contribution >= 0.6 is 0 Å². The minimum absolute atomic E-state index is 0.173. The van der Waals surface area contributed by atoms with E-state index in [0.717, 1.165) is 5.82 Å². The Morgan fingerprint density at radius 1 is 1.22 bits per heavy atom. The van der Waals surface area contributed by atoms with Gasteiger partial charge in [0, 0.05) is 6.20 Å². The number of hydrogen-bond acceptors (Lipinski definition) is 5. The summed E-state index contributed by atoms with van der Waals surface area (Å²) < 4.78 is 0. The van der Waals surface area contributed by atoms with Crippen molar-refractivity contribution in [3.63, 3.8) is 0 Å². The molecule has 4 N–H and O–H groups in total. The zero-order valence-corrected chi connectivity index (χ0v) is 10.5. The van der Waals surface area contributed by atoms with Crippen LogP contribution in [0.15, 0.2) is 36.5 Å². The first kappa shape index (κ1) is 12.3. The lowest BCUT2D eigenvalue weighted by atomic mass is 10.0. The van der Waals surface area contributed by atoms with Gasteiger partial charge in [0.1, 0.15) is 5.82 Å². The van der Waals surface area contributed by atoms with Crippen LogP contribution in [0.4, 0.5) is 11.8 Å². The molecule has 2 rings (SSSR count). The average molecular weight is 243 g/mol. The van der Waals surface area contributed by atoms with Crippen LogP contribution in [0.2, 0.25) is 0 Å². The average Bonchev–Trinajstić information content (AvgIpc) is 2.39. The third kappa shape index (κ3) is 2.75. The molecule has 5 heteroatoms. The maximum atomic E-state index is 5.28. The van der Waals surface area contributed by atoms with Gasteiger partial charge in [0.2, 0.25) is 5.95 Å². The fourth-order valence-electron chi connectivity index (χ4n) is 1.88. The van der Waals surface area contributed by atoms with Crippen molar-refractivity contribution in [3.8, 4) is 0 Å². The second-order valence-corrected chi connectivity index (χ2v) is 4.13. The van der Waals surface area contributed by atoms with Crippen LogP contribution in [0.5, 0.6) is 0 Å². The molecule has 5 nitrogen and oxygen atoms in total. The van der Waals surface area contributed by atoms with Gasteiger partial charge in [-0.25, -0.2) is 10.8 Å². The number of rotatable bonds is 4. The standard InChI is InChI=1S/C13H17N5/c1-9-5-3-4-6-11(9)10(2)16-12-7-8-15-13(17-12)18-14/h3-8,10H,14H2,1-2H3,(H2,15,16,17,18). The summed E-state index contributed by atoms with van der Waals surface area (Å²) in [6.45, 7) is 4.19. The predicted molar refractivity (Wildman–Crippen MR) is 73.1 cm³/mol. The van der Waals surface area contributed by atoms with Gasteiger partial charge in [0.05, 0.1) is 6.04 Å². The number of hydrogen-bond donors (Lipinski definition) is 3. The third-order valence-electron chi connectivity index (χ3n) is 2.80. The summed E-state index contributed by atoms with van der Waals surface area (Å²) in [7, 11) is 0. The molecule has 1 heterocycles. The number of nitrogens with zero attached hydrogens (tertiary/aromatic N) is 2. The number of aryl methyl sites for hydroxylation is 1. The molecule has 0 aliphatic rings. The Labute approximate surface area is 106 Å². The van der Waals surface area contributed by atoms with E-state index in [1.54, 1.807) is 6.20 Å². The van der Waals surface area contributed by atoms with Gasteiger partial charge in [-0.1, -0.05) is 24.3 Å². The fourth-order valence-corrected chi connectivity index (χ4v) is 1.88. The molecular weight excluding hydrogens is 226 g/mol. The largest absolute Gasteiger partial charge is 0.363 e. The van der Waals surface area contributed by atoms with Crippen molar-refractivity contribution >= 4 is 11.8 Å². The van der Waals surface area contributed by atoms with E-state index in [-0.39, 0.29) is 6.04 Å². The van der Waals surface area contributed by atoms with Crippen molar-refractivity contribution in [1.82, 2.24) is 9.97 Å². The first-order valence-corrected chi connectivity index (χ1v) is 5.82. The summed E-state index contributed by atoms with van der Waals surface area (Å²) in [4.78, 5) is 8.20. The van der Waals surface area contributed by atoms with E-state index in [1.165, 1.54) is 11.1 Å². The van der Waals surface area contributed by atoms with Crippen LogP contribution in [-0.4, -0.2) is 9.97 Å². The van der Waals surface area contributed by atoms with Crippen molar-refractivity contribution in [2.24, 2.45) is 5.84 Å². The molecular formula is C13H17N5. The van der Waals surface area contributed by atoms with Gasteiger partial charge in [0.15, 0.2) is 0 Å². The van der Waals surface area contributed by atoms with Gasteiger partial charge < -0.3 is 5.32 Å². The summed E-state index contributed by atoms with van der Waals surface area (Å²) in [5.74, 6) is 6.43. The van der Waals surface area contributed by atoms with Crippen LogP contribution in [0.25, 0.3) is 0 Å². The quantitative estimate of drug-likeness (QED) is 0.567.